The van der Waals surface area contributed by atoms with Crippen LogP contribution in [-0.4, -0.2) is 42.5 Å². The molecule has 0 bridgehead atoms. The van der Waals surface area contributed by atoms with Gasteiger partial charge in [-0.2, -0.15) is 0 Å². The van der Waals surface area contributed by atoms with Gasteiger partial charge in [-0.15, -0.1) is 0 Å². The molecule has 6 nitrogen and oxygen atoms in total. The van der Waals surface area contributed by atoms with Crippen LogP contribution in [0, 0.1) is 0 Å². The highest BCUT2D eigenvalue weighted by atomic mass is 16.5. The second-order valence-electron chi connectivity index (χ2n) is 8.28. The van der Waals surface area contributed by atoms with E-state index in [0.29, 0.717) is 6.61 Å². The second kappa shape index (κ2) is 9.96. The van der Waals surface area contributed by atoms with Crippen LogP contribution in [0.25, 0.3) is 11.1 Å². The van der Waals surface area contributed by atoms with Crippen molar-refractivity contribution in [2.75, 3.05) is 13.2 Å². The van der Waals surface area contributed by atoms with Crippen molar-refractivity contribution in [3.05, 3.63) is 59.7 Å². The van der Waals surface area contributed by atoms with Gasteiger partial charge in [0.1, 0.15) is 12.6 Å². The van der Waals surface area contributed by atoms with Crippen LogP contribution >= 0.6 is 0 Å². The molecule has 2 aliphatic rings. The zero-order valence-corrected chi connectivity index (χ0v) is 17.6. The van der Waals surface area contributed by atoms with Crippen molar-refractivity contribution >= 4 is 12.1 Å². The predicted octanol–water partition coefficient (Wildman–Crippen LogP) is 4.72. The number of benzene rings is 2. The summed E-state index contributed by atoms with van der Waals surface area (Å²) >= 11 is 0. The predicted molar refractivity (Wildman–Crippen MR) is 117 cm³/mol. The Morgan fingerprint density at radius 3 is 2.19 bits per heavy atom. The van der Waals surface area contributed by atoms with Gasteiger partial charge in [-0.05, 0) is 35.1 Å². The average Bonchev–Trinajstić information content (AvgIpc) is 3.11. The lowest BCUT2D eigenvalue weighted by Crippen LogP contribution is -2.42. The third-order valence-electron chi connectivity index (χ3n) is 6.25. The molecule has 164 valence electrons. The van der Waals surface area contributed by atoms with E-state index in [2.05, 4.69) is 17.4 Å². The zero-order chi connectivity index (χ0) is 21.6. The van der Waals surface area contributed by atoms with Crippen LogP contribution in [0.1, 0.15) is 55.6 Å². The first-order chi connectivity index (χ1) is 15.1. The fraction of sp³-hybridized carbons (Fsp3) is 0.440. The molecule has 31 heavy (non-hydrogen) atoms. The van der Waals surface area contributed by atoms with Gasteiger partial charge in [-0.1, -0.05) is 67.8 Å². The van der Waals surface area contributed by atoms with Crippen molar-refractivity contribution in [2.45, 2.75) is 56.6 Å². The van der Waals surface area contributed by atoms with Crippen molar-refractivity contribution in [1.82, 2.24) is 5.32 Å². The van der Waals surface area contributed by atoms with Gasteiger partial charge in [0.05, 0.1) is 6.10 Å². The topological polar surface area (TPSA) is 84.9 Å². The maximum absolute atomic E-state index is 12.4. The summed E-state index contributed by atoms with van der Waals surface area (Å²) in [6.07, 6.45) is 5.31. The molecule has 1 amide bonds. The summed E-state index contributed by atoms with van der Waals surface area (Å²) in [6.45, 7) is 0.468. The van der Waals surface area contributed by atoms with Crippen molar-refractivity contribution in [3.63, 3.8) is 0 Å². The van der Waals surface area contributed by atoms with E-state index in [1.54, 1.807) is 0 Å². The number of alkyl carbamates (subject to hydrolysis) is 1. The number of amides is 1. The molecule has 2 N–H and O–H groups in total. The highest BCUT2D eigenvalue weighted by Crippen LogP contribution is 2.44. The SMILES string of the molecule is O=C(NC(CCOC1CCCCC1)C(=O)O)OCC1c2ccccc2-c2ccccc21. The summed E-state index contributed by atoms with van der Waals surface area (Å²) in [5, 5.41) is 12.0. The number of fused-ring (bicyclic) bond motifs is 3. The maximum atomic E-state index is 12.4. The number of hydrogen-bond acceptors (Lipinski definition) is 4. The molecule has 0 aliphatic heterocycles. The molecule has 0 spiro atoms. The van der Waals surface area contributed by atoms with E-state index in [-0.39, 0.29) is 25.0 Å². The highest BCUT2D eigenvalue weighted by Gasteiger charge is 2.29. The zero-order valence-electron chi connectivity index (χ0n) is 17.6. The number of hydrogen-bond donors (Lipinski definition) is 2. The van der Waals surface area contributed by atoms with Crippen LogP contribution < -0.4 is 5.32 Å². The second-order valence-corrected chi connectivity index (χ2v) is 8.28. The van der Waals surface area contributed by atoms with Crippen LogP contribution in [0.15, 0.2) is 48.5 Å². The van der Waals surface area contributed by atoms with E-state index in [4.69, 9.17) is 9.47 Å². The number of carboxylic acids is 1. The monoisotopic (exact) mass is 423 g/mol. The van der Waals surface area contributed by atoms with Crippen LogP contribution in [0.4, 0.5) is 4.79 Å². The lowest BCUT2D eigenvalue weighted by atomic mass is 9.98. The summed E-state index contributed by atoms with van der Waals surface area (Å²) in [6, 6.07) is 15.2. The molecule has 1 unspecified atom stereocenters. The Labute approximate surface area is 182 Å². The van der Waals surface area contributed by atoms with Gasteiger partial charge >= 0.3 is 12.1 Å². The van der Waals surface area contributed by atoms with Crippen molar-refractivity contribution < 1.29 is 24.2 Å². The molecular weight excluding hydrogens is 394 g/mol. The largest absolute Gasteiger partial charge is 0.480 e. The third kappa shape index (κ3) is 5.07. The van der Waals surface area contributed by atoms with Crippen LogP contribution in [0.5, 0.6) is 0 Å². The number of rotatable bonds is 8. The minimum absolute atomic E-state index is 0.0592. The van der Waals surface area contributed by atoms with Crippen LogP contribution in [0.2, 0.25) is 0 Å². The smallest absolute Gasteiger partial charge is 0.407 e. The van der Waals surface area contributed by atoms with Crippen molar-refractivity contribution in [2.24, 2.45) is 0 Å². The Balaban J connectivity index is 1.31. The molecule has 2 aromatic rings. The van der Waals surface area contributed by atoms with Gasteiger partial charge < -0.3 is 19.9 Å². The van der Waals surface area contributed by atoms with Crippen molar-refractivity contribution in [1.29, 1.82) is 0 Å². The van der Waals surface area contributed by atoms with Gasteiger partial charge in [-0.25, -0.2) is 9.59 Å². The molecule has 2 aromatic carbocycles. The number of ether oxygens (including phenoxy) is 2. The molecule has 0 saturated heterocycles. The van der Waals surface area contributed by atoms with Crippen LogP contribution in [0.3, 0.4) is 0 Å². The first kappa shape index (κ1) is 21.4. The molecular formula is C25H29NO5. The fourth-order valence-corrected chi connectivity index (χ4v) is 4.62. The summed E-state index contributed by atoms with van der Waals surface area (Å²) in [4.78, 5) is 23.9. The molecule has 0 heterocycles. The first-order valence-electron chi connectivity index (χ1n) is 11.1. The number of aliphatic carboxylic acids is 1. The minimum atomic E-state index is -1.08. The Bertz CT molecular complexity index is 876. The standard InChI is InChI=1S/C25H29NO5/c27-24(28)23(14-15-30-17-8-2-1-3-9-17)26-25(29)31-16-22-20-12-6-4-10-18(20)19-11-5-7-13-21(19)22/h4-7,10-13,17,22-23H,1-3,8-9,14-16H2,(H,26,29)(H,27,28). The average molecular weight is 424 g/mol. The Morgan fingerprint density at radius 1 is 0.968 bits per heavy atom. The first-order valence-corrected chi connectivity index (χ1v) is 11.1. The molecule has 0 aromatic heterocycles. The third-order valence-corrected chi connectivity index (χ3v) is 6.25. The molecule has 2 aliphatic carbocycles. The molecule has 0 radical (unpaired) electrons. The molecule has 1 saturated carbocycles. The molecule has 6 heteroatoms. The molecule has 1 fully saturated rings. The van der Waals surface area contributed by atoms with Gasteiger partial charge in [0, 0.05) is 18.9 Å². The van der Waals surface area contributed by atoms with E-state index >= 15 is 0 Å². The van der Waals surface area contributed by atoms with E-state index in [0.717, 1.165) is 47.9 Å². The Kier molecular flexibility index (Phi) is 6.87. The number of carbonyl (C=O) groups is 2. The summed E-state index contributed by atoms with van der Waals surface area (Å²) < 4.78 is 11.3. The Morgan fingerprint density at radius 2 is 1.58 bits per heavy atom. The molecule has 4 rings (SSSR count). The van der Waals surface area contributed by atoms with Crippen molar-refractivity contribution in [3.8, 4) is 11.1 Å². The lowest BCUT2D eigenvalue weighted by molar-refractivity contribution is -0.140. The van der Waals surface area contributed by atoms with Gasteiger partial charge in [0.15, 0.2) is 0 Å². The van der Waals surface area contributed by atoms with Gasteiger partial charge in [0.2, 0.25) is 0 Å². The molecule has 1 atom stereocenters. The summed E-state index contributed by atoms with van der Waals surface area (Å²) in [5.74, 6) is -1.14. The van der Waals surface area contributed by atoms with Gasteiger partial charge in [0.25, 0.3) is 0 Å². The minimum Gasteiger partial charge on any atom is -0.480 e. The highest BCUT2D eigenvalue weighted by molar-refractivity contribution is 5.81. The Hall–Kier alpha value is -2.86. The van der Waals surface area contributed by atoms with E-state index < -0.39 is 18.1 Å². The number of nitrogens with one attached hydrogen (secondary N) is 1. The van der Waals surface area contributed by atoms with E-state index in [1.165, 1.54) is 6.42 Å². The lowest BCUT2D eigenvalue weighted by Gasteiger charge is -2.23. The quantitative estimate of drug-likeness (QED) is 0.642. The number of carbonyl (C=O) groups excluding carboxylic acids is 1. The normalized spacial score (nSPS) is 16.9. The van der Waals surface area contributed by atoms with Crippen LogP contribution in [-0.2, 0) is 14.3 Å². The van der Waals surface area contributed by atoms with E-state index in [1.807, 2.05) is 36.4 Å². The maximum Gasteiger partial charge on any atom is 0.407 e. The van der Waals surface area contributed by atoms with Gasteiger partial charge in [-0.3, -0.25) is 0 Å². The summed E-state index contributed by atoms with van der Waals surface area (Å²) in [5.41, 5.74) is 4.53. The van der Waals surface area contributed by atoms with E-state index in [9.17, 15) is 14.7 Å². The number of carboxylic acid groups (broad SMARTS) is 1. The summed E-state index contributed by atoms with van der Waals surface area (Å²) in [7, 11) is 0. The fourth-order valence-electron chi connectivity index (χ4n) is 4.62.